The van der Waals surface area contributed by atoms with Crippen molar-refractivity contribution in [3.8, 4) is 102 Å². The smallest absolute Gasteiger partial charge is 0.145 e. The third-order valence-corrected chi connectivity index (χ3v) is 48.7. The van der Waals surface area contributed by atoms with Crippen molar-refractivity contribution < 1.29 is 0 Å². The molecule has 13 aromatic heterocycles. The monoisotopic (exact) mass is 1750 g/mol. The number of aryl methyl sites for hydroxylation is 8. The summed E-state index contributed by atoms with van der Waals surface area (Å²) in [5.41, 5.74) is 27.1. The zero-order valence-electron chi connectivity index (χ0n) is 70.1. The van der Waals surface area contributed by atoms with Gasteiger partial charge < -0.3 is 9.13 Å². The number of benzene rings is 2. The Morgan fingerprint density at radius 2 is 0.887 bits per heavy atom. The molecule has 0 amide bonds. The van der Waals surface area contributed by atoms with Crippen molar-refractivity contribution in [1.82, 2.24) is 17.9 Å². The summed E-state index contributed by atoms with van der Waals surface area (Å²) in [4.78, 5) is 10.3. The molecule has 0 N–H and O–H groups in total. The Balaban J connectivity index is 0.000000224. The first-order valence-electron chi connectivity index (χ1n) is 41.3. The molecule has 0 aliphatic rings. The molecule has 0 fully saturated rings. The molecule has 0 saturated carbocycles. The fourth-order valence-electron chi connectivity index (χ4n) is 18.0. The summed E-state index contributed by atoms with van der Waals surface area (Å²) in [6.45, 7) is 43.6. The predicted molar refractivity (Wildman–Crippen MR) is 529 cm³/mol. The van der Waals surface area contributed by atoms with Crippen molar-refractivity contribution in [3.63, 3.8) is 0 Å². The Kier molecular flexibility index (Phi) is 27.6. The molecule has 0 saturated heterocycles. The second-order valence-electron chi connectivity index (χ2n) is 32.7. The van der Waals surface area contributed by atoms with Crippen LogP contribution < -0.4 is 0 Å². The van der Waals surface area contributed by atoms with Gasteiger partial charge in [-0.3, -0.25) is 0 Å². The minimum absolute atomic E-state index is 0.639. The van der Waals surface area contributed by atoms with Crippen LogP contribution in [0.15, 0.2) is 83.8 Å². The molecule has 2 aromatic carbocycles. The lowest BCUT2D eigenvalue weighted by atomic mass is 10.0. The van der Waals surface area contributed by atoms with Crippen LogP contribution in [-0.2, 0) is 25.9 Å². The molecule has 0 spiro atoms. The van der Waals surface area contributed by atoms with Gasteiger partial charge in [0.15, 0.2) is 0 Å². The SMILES string of the molecule is CC#CCCCCCc1c(C)sc2c1sc1c3sc(-c4ccc(C)c5nsnc45)c(CCCCCC#CC)c3sc21.Cc1ccc(C#Cc2c3ccsc3c(C#Cc3ccc(-c4cc5c(s4)c(-c4cn(CCCC#C[Si](C(C)C)(C(C)C)C(C)C)c6cc(C)sc46)cn5CCCC#C[Si](C(C)C)(C(C)C)C(C)C)s3)c3ccsc23)s1. The molecule has 0 aliphatic heterocycles. The fourth-order valence-corrected chi connectivity index (χ4v) is 41.1. The minimum atomic E-state index is -1.78. The van der Waals surface area contributed by atoms with E-state index in [1.807, 2.05) is 81.9 Å². The number of aromatic nitrogens is 4. The van der Waals surface area contributed by atoms with Gasteiger partial charge in [0.05, 0.1) is 90.6 Å². The van der Waals surface area contributed by atoms with E-state index < -0.39 is 16.1 Å². The topological polar surface area (TPSA) is 35.6 Å². The first kappa shape index (κ1) is 84.9. The molecule has 115 heavy (non-hydrogen) atoms. The van der Waals surface area contributed by atoms with E-state index in [4.69, 9.17) is 4.37 Å². The van der Waals surface area contributed by atoms with Crippen molar-refractivity contribution in [2.24, 2.45) is 0 Å². The van der Waals surface area contributed by atoms with Crippen LogP contribution in [0.25, 0.3) is 111 Å². The van der Waals surface area contributed by atoms with Gasteiger partial charge in [-0.05, 0) is 202 Å². The molecule has 17 heteroatoms. The Morgan fingerprint density at radius 3 is 1.43 bits per heavy atom. The van der Waals surface area contributed by atoms with Crippen molar-refractivity contribution in [1.29, 1.82) is 0 Å². The van der Waals surface area contributed by atoms with Crippen molar-refractivity contribution in [3.05, 3.63) is 136 Å². The van der Waals surface area contributed by atoms with Crippen LogP contribution in [0.1, 0.15) is 226 Å². The summed E-state index contributed by atoms with van der Waals surface area (Å²) in [6, 6.07) is 22.6. The molecule has 0 radical (unpaired) electrons. The molecule has 15 aromatic rings. The second kappa shape index (κ2) is 37.4. The molecule has 0 unspecified atom stereocenters. The Hall–Kier alpha value is -6.57. The molecule has 13 heterocycles. The summed E-state index contributed by atoms with van der Waals surface area (Å²) in [5, 5.41) is 6.77. The maximum atomic E-state index is 4.77. The molecule has 0 bridgehead atoms. The van der Waals surface area contributed by atoms with Crippen LogP contribution in [0.4, 0.5) is 0 Å². The normalized spacial score (nSPS) is 12.0. The van der Waals surface area contributed by atoms with E-state index in [0.717, 1.165) is 89.9 Å². The maximum Gasteiger partial charge on any atom is 0.145 e. The summed E-state index contributed by atoms with van der Waals surface area (Å²) in [5.74, 6) is 34.4. The van der Waals surface area contributed by atoms with Crippen LogP contribution in [-0.4, -0.2) is 34.0 Å². The van der Waals surface area contributed by atoms with Gasteiger partial charge in [0.1, 0.15) is 27.2 Å². The Labute approximate surface area is 730 Å². The number of unbranched alkanes of at least 4 members (excludes halogenated alkanes) is 8. The highest BCUT2D eigenvalue weighted by atomic mass is 32.1. The first-order chi connectivity index (χ1) is 55.6. The third-order valence-electron chi connectivity index (χ3n) is 23.6. The van der Waals surface area contributed by atoms with Crippen LogP contribution in [0, 0.1) is 98.0 Å². The van der Waals surface area contributed by atoms with E-state index in [1.54, 1.807) is 55.6 Å². The predicted octanol–water partition coefficient (Wildman–Crippen LogP) is 33.0. The van der Waals surface area contributed by atoms with Gasteiger partial charge in [0.25, 0.3) is 0 Å². The number of nitrogens with zero attached hydrogens (tertiary/aromatic N) is 4. The summed E-state index contributed by atoms with van der Waals surface area (Å²) in [7, 11) is -3.52. The van der Waals surface area contributed by atoms with E-state index >= 15 is 0 Å². The van der Waals surface area contributed by atoms with Crippen LogP contribution >= 0.6 is 125 Å². The average molecular weight is 1750 g/mol. The van der Waals surface area contributed by atoms with Gasteiger partial charge >= 0.3 is 0 Å². The van der Waals surface area contributed by atoms with Gasteiger partial charge in [0, 0.05) is 108 Å². The van der Waals surface area contributed by atoms with Crippen LogP contribution in [0.5, 0.6) is 0 Å². The van der Waals surface area contributed by atoms with E-state index in [9.17, 15) is 0 Å². The third kappa shape index (κ3) is 17.3. The van der Waals surface area contributed by atoms with Crippen LogP contribution in [0.3, 0.4) is 0 Å². The molecular formula is C98H106N4S11Si2. The zero-order valence-corrected chi connectivity index (χ0v) is 81.1. The number of thiophene rings is 10. The van der Waals surface area contributed by atoms with Gasteiger partial charge in [-0.2, -0.15) is 8.75 Å². The highest BCUT2D eigenvalue weighted by Crippen LogP contribution is 2.56. The lowest BCUT2D eigenvalue weighted by molar-refractivity contribution is 0.675. The van der Waals surface area contributed by atoms with Crippen LogP contribution in [0.2, 0.25) is 33.2 Å². The highest BCUT2D eigenvalue weighted by Gasteiger charge is 2.43. The van der Waals surface area contributed by atoms with E-state index in [1.165, 1.54) is 178 Å². The van der Waals surface area contributed by atoms with Crippen molar-refractivity contribution >= 4 is 221 Å². The lowest BCUT2D eigenvalue weighted by Crippen LogP contribution is -2.43. The van der Waals surface area contributed by atoms with Crippen molar-refractivity contribution in [2.75, 3.05) is 0 Å². The van der Waals surface area contributed by atoms with Gasteiger partial charge in [-0.15, -0.1) is 160 Å². The summed E-state index contributed by atoms with van der Waals surface area (Å²) >= 11 is 20.4. The first-order valence-corrected chi connectivity index (χ1v) is 54.8. The van der Waals surface area contributed by atoms with E-state index in [-0.39, 0.29) is 0 Å². The number of hydrogen-bond acceptors (Lipinski definition) is 13. The van der Waals surface area contributed by atoms with E-state index in [2.05, 4.69) is 278 Å². The van der Waals surface area contributed by atoms with E-state index in [0.29, 0.717) is 33.2 Å². The molecule has 15 rings (SSSR count). The summed E-state index contributed by atoms with van der Waals surface area (Å²) < 4.78 is 28.7. The Morgan fingerprint density at radius 1 is 0.391 bits per heavy atom. The second-order valence-corrected chi connectivity index (χ2v) is 55.2. The maximum absolute atomic E-state index is 4.77. The van der Waals surface area contributed by atoms with Gasteiger partial charge in [0.2, 0.25) is 0 Å². The molecular weight excluding hydrogens is 1640 g/mol. The largest absolute Gasteiger partial charge is 0.346 e. The molecule has 0 atom stereocenters. The van der Waals surface area contributed by atoms with Gasteiger partial charge in [-0.25, -0.2) is 0 Å². The standard InChI is InChI=1S/C64H72N2S6Si2.C34H34N2S5/c1-41(2)73(42(3)4,43(5)6)35-19-15-17-31-65-39-55(63-57(65)37-48(14)70-63)56-40-66(32-18-16-20-36-74(44(7)8,45(9)10)46(11)12)58-38-60(72-64(56)58)59-28-25-50(71-59)24-27-52-54-30-34-67-61(54)51(53-29-33-68-62(52)53)26-23-49-22-21-47(13)69-49;1-5-7-9-11-13-15-17-23-22(4)37-31-29(23)39-34-32-30(40-33(31)34)25(18-16-14-12-10-8-6-2)28(38-32)24-20-19-21(3)26-27(24)36-41-35-26/h21-22,25,28-30,33-34,37-46H,15-18,31-32H2,1-14H3;19-20H,9-18H2,1-4H3. The zero-order chi connectivity index (χ0) is 81.0. The quantitative estimate of drug-likeness (QED) is 0.0325. The Bertz CT molecular complexity index is 6350. The summed E-state index contributed by atoms with van der Waals surface area (Å²) in [6.07, 6.45) is 20.5. The number of hydrogen-bond donors (Lipinski definition) is 0. The average Bonchev–Trinajstić information content (AvgIpc) is 1.55. The fraction of sp³-hybridized carbons (Fsp3) is 0.408. The van der Waals surface area contributed by atoms with Gasteiger partial charge in [-0.1, -0.05) is 132 Å². The lowest BCUT2D eigenvalue weighted by Gasteiger charge is -2.38. The number of fused-ring (bicyclic) bond motifs is 10. The van der Waals surface area contributed by atoms with Crippen molar-refractivity contribution in [2.45, 2.75) is 261 Å². The molecule has 0 aliphatic carbocycles. The minimum Gasteiger partial charge on any atom is -0.346 e. The number of rotatable bonds is 25. The highest BCUT2D eigenvalue weighted by molar-refractivity contribution is 7.45. The molecule has 4 nitrogen and oxygen atoms in total. The molecule has 592 valence electrons.